The SMILES string of the molecule is COC(=O)c1cccc(NC(=S)NCCSCc2ccc(Cl)cc2)c1C. The van der Waals surface area contributed by atoms with Gasteiger partial charge in [-0.3, -0.25) is 0 Å². The zero-order chi connectivity index (χ0) is 18.9. The first kappa shape index (κ1) is 20.6. The lowest BCUT2D eigenvalue weighted by Crippen LogP contribution is -2.30. The van der Waals surface area contributed by atoms with Crippen LogP contribution in [0.1, 0.15) is 21.5 Å². The van der Waals surface area contributed by atoms with Crippen molar-refractivity contribution in [2.24, 2.45) is 0 Å². The number of anilines is 1. The van der Waals surface area contributed by atoms with Gasteiger partial charge in [0.25, 0.3) is 0 Å². The maximum atomic E-state index is 11.7. The fourth-order valence-electron chi connectivity index (χ4n) is 2.28. The van der Waals surface area contributed by atoms with E-state index in [9.17, 15) is 4.79 Å². The Hall–Kier alpha value is -1.76. The molecule has 0 bridgehead atoms. The monoisotopic (exact) mass is 408 g/mol. The molecule has 0 radical (unpaired) electrons. The van der Waals surface area contributed by atoms with E-state index >= 15 is 0 Å². The van der Waals surface area contributed by atoms with Gasteiger partial charge < -0.3 is 15.4 Å². The van der Waals surface area contributed by atoms with Crippen molar-refractivity contribution in [3.63, 3.8) is 0 Å². The molecule has 2 aromatic rings. The van der Waals surface area contributed by atoms with Crippen LogP contribution in [0.15, 0.2) is 42.5 Å². The minimum atomic E-state index is -0.358. The zero-order valence-corrected chi connectivity index (χ0v) is 17.1. The molecule has 0 aliphatic carbocycles. The second kappa shape index (κ2) is 10.4. The third kappa shape index (κ3) is 6.20. The number of hydrogen-bond donors (Lipinski definition) is 2. The Bertz CT molecular complexity index is 767. The Morgan fingerprint density at radius 2 is 1.96 bits per heavy atom. The summed E-state index contributed by atoms with van der Waals surface area (Å²) in [7, 11) is 1.37. The van der Waals surface area contributed by atoms with E-state index in [1.165, 1.54) is 12.7 Å². The zero-order valence-electron chi connectivity index (χ0n) is 14.7. The summed E-state index contributed by atoms with van der Waals surface area (Å²) in [5, 5.41) is 7.59. The molecule has 0 aromatic heterocycles. The summed E-state index contributed by atoms with van der Waals surface area (Å²) in [4.78, 5) is 11.7. The van der Waals surface area contributed by atoms with Crippen LogP contribution in [-0.2, 0) is 10.5 Å². The molecular formula is C19H21ClN2O2S2. The maximum absolute atomic E-state index is 11.7. The molecule has 138 valence electrons. The Balaban J connectivity index is 1.75. The van der Waals surface area contributed by atoms with Gasteiger partial charge in [0, 0.05) is 28.8 Å². The van der Waals surface area contributed by atoms with Gasteiger partial charge in [0.1, 0.15) is 0 Å². The second-order valence-electron chi connectivity index (χ2n) is 5.53. The van der Waals surface area contributed by atoms with Crippen LogP contribution in [0.4, 0.5) is 5.69 Å². The van der Waals surface area contributed by atoms with Crippen molar-refractivity contribution in [2.45, 2.75) is 12.7 Å². The summed E-state index contributed by atoms with van der Waals surface area (Å²) in [5.41, 5.74) is 3.37. The Labute approximate surface area is 168 Å². The third-order valence-corrected chi connectivity index (χ3v) is 5.23. The molecule has 0 spiro atoms. The summed E-state index contributed by atoms with van der Waals surface area (Å²) in [5.74, 6) is 1.49. The molecule has 0 fully saturated rings. The summed E-state index contributed by atoms with van der Waals surface area (Å²) < 4.78 is 4.79. The minimum absolute atomic E-state index is 0.358. The Morgan fingerprint density at radius 3 is 2.65 bits per heavy atom. The molecule has 0 atom stereocenters. The van der Waals surface area contributed by atoms with Crippen LogP contribution in [-0.4, -0.2) is 30.5 Å². The molecule has 0 amide bonds. The molecule has 0 saturated heterocycles. The molecule has 2 N–H and O–H groups in total. The summed E-state index contributed by atoms with van der Waals surface area (Å²) in [6, 6.07) is 13.3. The van der Waals surface area contributed by atoms with Crippen molar-refractivity contribution in [3.8, 4) is 0 Å². The number of carbonyl (C=O) groups excluding carboxylic acids is 1. The van der Waals surface area contributed by atoms with Crippen LogP contribution in [0.5, 0.6) is 0 Å². The standard InChI is InChI=1S/C19H21ClN2O2S2/c1-13-16(18(23)24-2)4-3-5-17(13)22-19(25)21-10-11-26-12-14-6-8-15(20)9-7-14/h3-9H,10-12H2,1-2H3,(H2,21,22,25). The fraction of sp³-hybridized carbons (Fsp3) is 0.263. The number of hydrogen-bond acceptors (Lipinski definition) is 4. The second-order valence-corrected chi connectivity index (χ2v) is 7.48. The highest BCUT2D eigenvalue weighted by molar-refractivity contribution is 7.98. The quantitative estimate of drug-likeness (QED) is 0.395. The van der Waals surface area contributed by atoms with Gasteiger partial charge in [-0.05, 0) is 54.5 Å². The van der Waals surface area contributed by atoms with Crippen LogP contribution in [0.3, 0.4) is 0 Å². The number of thiocarbonyl (C=S) groups is 1. The molecule has 0 saturated carbocycles. The highest BCUT2D eigenvalue weighted by Crippen LogP contribution is 2.19. The number of nitrogens with one attached hydrogen (secondary N) is 2. The first-order valence-electron chi connectivity index (χ1n) is 8.06. The molecule has 0 aliphatic heterocycles. The van der Waals surface area contributed by atoms with Gasteiger partial charge in [-0.15, -0.1) is 0 Å². The number of esters is 1. The molecule has 26 heavy (non-hydrogen) atoms. The predicted octanol–water partition coefficient (Wildman–Crippen LogP) is 4.65. The normalized spacial score (nSPS) is 10.3. The number of ether oxygens (including phenoxy) is 1. The number of benzene rings is 2. The van der Waals surface area contributed by atoms with E-state index in [1.807, 2.05) is 49.0 Å². The van der Waals surface area contributed by atoms with E-state index in [0.29, 0.717) is 10.7 Å². The Morgan fingerprint density at radius 1 is 1.23 bits per heavy atom. The molecular weight excluding hydrogens is 388 g/mol. The molecule has 0 aliphatic rings. The van der Waals surface area contributed by atoms with Gasteiger partial charge in [-0.1, -0.05) is 29.8 Å². The van der Waals surface area contributed by atoms with E-state index < -0.39 is 0 Å². The topological polar surface area (TPSA) is 50.4 Å². The number of halogens is 1. The van der Waals surface area contributed by atoms with Crippen molar-refractivity contribution >= 4 is 52.3 Å². The summed E-state index contributed by atoms with van der Waals surface area (Å²) in [6.07, 6.45) is 0. The van der Waals surface area contributed by atoms with Crippen LogP contribution in [0.25, 0.3) is 0 Å². The van der Waals surface area contributed by atoms with Crippen molar-refractivity contribution in [1.29, 1.82) is 0 Å². The van der Waals surface area contributed by atoms with Gasteiger partial charge in [0.05, 0.1) is 12.7 Å². The first-order valence-corrected chi connectivity index (χ1v) is 10.0. The van der Waals surface area contributed by atoms with Crippen molar-refractivity contribution < 1.29 is 9.53 Å². The largest absolute Gasteiger partial charge is 0.465 e. The maximum Gasteiger partial charge on any atom is 0.338 e. The molecule has 2 rings (SSSR count). The Kier molecular flexibility index (Phi) is 8.22. The minimum Gasteiger partial charge on any atom is -0.465 e. The van der Waals surface area contributed by atoms with E-state index in [2.05, 4.69) is 10.6 Å². The fourth-order valence-corrected chi connectivity index (χ4v) is 3.43. The van der Waals surface area contributed by atoms with Gasteiger partial charge >= 0.3 is 5.97 Å². The van der Waals surface area contributed by atoms with Crippen LogP contribution < -0.4 is 10.6 Å². The molecule has 4 nitrogen and oxygen atoms in total. The van der Waals surface area contributed by atoms with E-state index in [1.54, 1.807) is 12.1 Å². The van der Waals surface area contributed by atoms with Crippen LogP contribution >= 0.6 is 35.6 Å². The number of rotatable bonds is 7. The number of methoxy groups -OCH3 is 1. The van der Waals surface area contributed by atoms with Gasteiger partial charge in [0.15, 0.2) is 5.11 Å². The van der Waals surface area contributed by atoms with Crippen molar-refractivity contribution in [2.75, 3.05) is 24.7 Å². The average Bonchev–Trinajstić information content (AvgIpc) is 2.64. The highest BCUT2D eigenvalue weighted by Gasteiger charge is 2.12. The average molecular weight is 409 g/mol. The third-order valence-electron chi connectivity index (χ3n) is 3.70. The van der Waals surface area contributed by atoms with Gasteiger partial charge in [-0.25, -0.2) is 4.79 Å². The number of carbonyl (C=O) groups is 1. The molecule has 2 aromatic carbocycles. The summed E-state index contributed by atoms with van der Waals surface area (Å²) in [6.45, 7) is 2.61. The van der Waals surface area contributed by atoms with E-state index in [-0.39, 0.29) is 5.97 Å². The smallest absolute Gasteiger partial charge is 0.338 e. The van der Waals surface area contributed by atoms with Crippen molar-refractivity contribution in [3.05, 3.63) is 64.2 Å². The molecule has 0 unspecified atom stereocenters. The van der Waals surface area contributed by atoms with E-state index in [0.717, 1.165) is 34.3 Å². The first-order chi connectivity index (χ1) is 12.5. The lowest BCUT2D eigenvalue weighted by molar-refractivity contribution is 0.0600. The van der Waals surface area contributed by atoms with Gasteiger partial charge in [-0.2, -0.15) is 11.8 Å². The highest BCUT2D eigenvalue weighted by atomic mass is 35.5. The van der Waals surface area contributed by atoms with Crippen LogP contribution in [0.2, 0.25) is 5.02 Å². The molecule has 7 heteroatoms. The predicted molar refractivity (Wildman–Crippen MR) is 114 cm³/mol. The number of thioether (sulfide) groups is 1. The summed E-state index contributed by atoms with van der Waals surface area (Å²) >= 11 is 13.0. The molecule has 0 heterocycles. The lowest BCUT2D eigenvalue weighted by atomic mass is 10.1. The van der Waals surface area contributed by atoms with E-state index in [4.69, 9.17) is 28.6 Å². The van der Waals surface area contributed by atoms with Gasteiger partial charge in [0.2, 0.25) is 0 Å². The lowest BCUT2D eigenvalue weighted by Gasteiger charge is -2.14. The van der Waals surface area contributed by atoms with Crippen LogP contribution in [0, 0.1) is 6.92 Å². The van der Waals surface area contributed by atoms with Crippen molar-refractivity contribution in [1.82, 2.24) is 5.32 Å².